The highest BCUT2D eigenvalue weighted by Gasteiger charge is 2.53. The van der Waals surface area contributed by atoms with Crippen molar-refractivity contribution in [3.05, 3.63) is 0 Å². The van der Waals surface area contributed by atoms with Crippen molar-refractivity contribution in [1.82, 2.24) is 5.32 Å². The van der Waals surface area contributed by atoms with Crippen LogP contribution in [0.15, 0.2) is 0 Å². The minimum atomic E-state index is -0.378. The average Bonchev–Trinajstić information content (AvgIpc) is 2.26. The highest BCUT2D eigenvalue weighted by atomic mass is 16.3. The predicted octanol–water partition coefficient (Wildman–Crippen LogP) is 1.70. The third-order valence-electron chi connectivity index (χ3n) is 5.53. The Balaban J connectivity index is 1.75. The fraction of sp³-hybridized carbons (Fsp3) is 0.929. The van der Waals surface area contributed by atoms with Gasteiger partial charge in [-0.05, 0) is 68.6 Å². The monoisotopic (exact) mass is 237 g/mol. The molecule has 4 fully saturated rings. The number of hydrogen-bond donors (Lipinski definition) is 2. The summed E-state index contributed by atoms with van der Waals surface area (Å²) < 4.78 is 0. The van der Waals surface area contributed by atoms with Crippen LogP contribution in [-0.4, -0.2) is 23.7 Å². The molecule has 0 spiro atoms. The number of rotatable bonds is 3. The average molecular weight is 237 g/mol. The van der Waals surface area contributed by atoms with Gasteiger partial charge in [-0.3, -0.25) is 4.79 Å². The van der Waals surface area contributed by atoms with Gasteiger partial charge in [0.1, 0.15) is 6.61 Å². The van der Waals surface area contributed by atoms with Crippen LogP contribution in [0.25, 0.3) is 0 Å². The van der Waals surface area contributed by atoms with Crippen molar-refractivity contribution in [3.63, 3.8) is 0 Å². The van der Waals surface area contributed by atoms with Crippen LogP contribution < -0.4 is 5.32 Å². The van der Waals surface area contributed by atoms with Crippen LogP contribution in [0.4, 0.5) is 0 Å². The standard InChI is InChI=1S/C14H23NO2/c1-9(15-13(17)8-16)14-5-10-2-11(6-14)4-12(3-10)7-14/h9-12,16H,2-8H2,1H3,(H,15,17). The minimum absolute atomic E-state index is 0.215. The van der Waals surface area contributed by atoms with E-state index in [-0.39, 0.29) is 18.6 Å². The van der Waals surface area contributed by atoms with Crippen LogP contribution in [-0.2, 0) is 4.79 Å². The lowest BCUT2D eigenvalue weighted by atomic mass is 9.48. The van der Waals surface area contributed by atoms with Crippen LogP contribution >= 0.6 is 0 Å². The number of hydrogen-bond acceptors (Lipinski definition) is 2. The third-order valence-corrected chi connectivity index (χ3v) is 5.53. The lowest BCUT2D eigenvalue weighted by Gasteiger charge is -2.59. The van der Waals surface area contributed by atoms with Gasteiger partial charge in [-0.2, -0.15) is 0 Å². The van der Waals surface area contributed by atoms with E-state index in [1.54, 1.807) is 0 Å². The van der Waals surface area contributed by atoms with Crippen LogP contribution in [0.5, 0.6) is 0 Å². The molecule has 4 aliphatic rings. The maximum atomic E-state index is 11.4. The van der Waals surface area contributed by atoms with Crippen molar-refractivity contribution in [1.29, 1.82) is 0 Å². The Bertz CT molecular complexity index is 291. The first kappa shape index (κ1) is 11.5. The van der Waals surface area contributed by atoms with E-state index in [0.717, 1.165) is 17.8 Å². The van der Waals surface area contributed by atoms with Crippen molar-refractivity contribution < 1.29 is 9.90 Å². The molecule has 1 atom stereocenters. The molecule has 0 saturated heterocycles. The van der Waals surface area contributed by atoms with Gasteiger partial charge in [-0.15, -0.1) is 0 Å². The van der Waals surface area contributed by atoms with Gasteiger partial charge < -0.3 is 10.4 Å². The molecule has 96 valence electrons. The van der Waals surface area contributed by atoms with Crippen LogP contribution in [0.3, 0.4) is 0 Å². The summed E-state index contributed by atoms with van der Waals surface area (Å²) in [4.78, 5) is 11.4. The molecule has 4 aliphatic carbocycles. The van der Waals surface area contributed by atoms with Crippen LogP contribution in [0.2, 0.25) is 0 Å². The van der Waals surface area contributed by atoms with Gasteiger partial charge in [-0.25, -0.2) is 0 Å². The second-order valence-electron chi connectivity index (χ2n) is 6.73. The molecule has 3 nitrogen and oxygen atoms in total. The number of carbonyl (C=O) groups excluding carboxylic acids is 1. The molecule has 2 N–H and O–H groups in total. The van der Waals surface area contributed by atoms with E-state index in [1.165, 1.54) is 38.5 Å². The van der Waals surface area contributed by atoms with E-state index < -0.39 is 0 Å². The van der Waals surface area contributed by atoms with Gasteiger partial charge in [0.25, 0.3) is 0 Å². The number of carbonyl (C=O) groups is 1. The molecule has 0 radical (unpaired) electrons. The Morgan fingerprint density at radius 3 is 2.12 bits per heavy atom. The number of nitrogens with one attached hydrogen (secondary N) is 1. The van der Waals surface area contributed by atoms with Crippen molar-refractivity contribution in [2.45, 2.75) is 51.5 Å². The van der Waals surface area contributed by atoms with E-state index in [4.69, 9.17) is 5.11 Å². The lowest BCUT2D eigenvalue weighted by molar-refractivity contribution is -0.128. The summed E-state index contributed by atoms with van der Waals surface area (Å²) in [7, 11) is 0. The van der Waals surface area contributed by atoms with Crippen molar-refractivity contribution in [2.75, 3.05) is 6.61 Å². The van der Waals surface area contributed by atoms with Gasteiger partial charge in [0, 0.05) is 6.04 Å². The maximum absolute atomic E-state index is 11.4. The molecule has 1 amide bonds. The molecule has 17 heavy (non-hydrogen) atoms. The first-order valence-corrected chi connectivity index (χ1v) is 7.01. The Kier molecular flexibility index (Phi) is 2.69. The van der Waals surface area contributed by atoms with Gasteiger partial charge >= 0.3 is 0 Å². The molecule has 4 saturated carbocycles. The highest BCUT2D eigenvalue weighted by molar-refractivity contribution is 5.77. The highest BCUT2D eigenvalue weighted by Crippen LogP contribution is 2.61. The zero-order valence-corrected chi connectivity index (χ0v) is 10.6. The zero-order valence-electron chi connectivity index (χ0n) is 10.6. The van der Waals surface area contributed by atoms with E-state index in [9.17, 15) is 4.79 Å². The van der Waals surface area contributed by atoms with E-state index >= 15 is 0 Å². The van der Waals surface area contributed by atoms with Crippen LogP contribution in [0, 0.1) is 23.2 Å². The third kappa shape index (κ3) is 1.88. The second-order valence-corrected chi connectivity index (χ2v) is 6.73. The van der Waals surface area contributed by atoms with Crippen molar-refractivity contribution in [2.24, 2.45) is 23.2 Å². The van der Waals surface area contributed by atoms with Gasteiger partial charge in [0.15, 0.2) is 0 Å². The molecule has 4 rings (SSSR count). The summed E-state index contributed by atoms with van der Waals surface area (Å²) in [6, 6.07) is 0.232. The topological polar surface area (TPSA) is 49.3 Å². The van der Waals surface area contributed by atoms with E-state index in [2.05, 4.69) is 12.2 Å². The van der Waals surface area contributed by atoms with Crippen LogP contribution in [0.1, 0.15) is 45.4 Å². The summed E-state index contributed by atoms with van der Waals surface area (Å²) in [5.41, 5.74) is 0.347. The maximum Gasteiger partial charge on any atom is 0.245 e. The summed E-state index contributed by atoms with van der Waals surface area (Å²) >= 11 is 0. The number of aliphatic hydroxyl groups is 1. The minimum Gasteiger partial charge on any atom is -0.387 e. The molecule has 1 unspecified atom stereocenters. The first-order valence-electron chi connectivity index (χ1n) is 7.01. The van der Waals surface area contributed by atoms with Gasteiger partial charge in [0.05, 0.1) is 0 Å². The summed E-state index contributed by atoms with van der Waals surface area (Å²) in [5, 5.41) is 11.9. The van der Waals surface area contributed by atoms with E-state index in [0.29, 0.717) is 5.41 Å². The lowest BCUT2D eigenvalue weighted by Crippen LogP contribution is -2.56. The second kappa shape index (κ2) is 3.98. The molecule has 0 aromatic rings. The fourth-order valence-corrected chi connectivity index (χ4v) is 5.15. The summed E-state index contributed by atoms with van der Waals surface area (Å²) in [6.07, 6.45) is 8.18. The molecule has 0 aliphatic heterocycles. The predicted molar refractivity (Wildman–Crippen MR) is 65.3 cm³/mol. The quantitative estimate of drug-likeness (QED) is 0.785. The fourth-order valence-electron chi connectivity index (χ4n) is 5.15. The molecular formula is C14H23NO2. The zero-order chi connectivity index (χ0) is 12.0. The summed E-state index contributed by atoms with van der Waals surface area (Å²) in [6.45, 7) is 1.76. The molecule has 4 bridgehead atoms. The molecule has 3 heteroatoms. The molecule has 0 aromatic carbocycles. The largest absolute Gasteiger partial charge is 0.387 e. The Labute approximate surface area is 103 Å². The van der Waals surface area contributed by atoms with Crippen molar-refractivity contribution in [3.8, 4) is 0 Å². The Hall–Kier alpha value is -0.570. The Morgan fingerprint density at radius 2 is 1.71 bits per heavy atom. The SMILES string of the molecule is CC(NC(=O)CO)C12CC3CC(CC(C3)C1)C2. The van der Waals surface area contributed by atoms with Crippen molar-refractivity contribution >= 4 is 5.91 Å². The molecule has 0 heterocycles. The first-order chi connectivity index (χ1) is 8.11. The normalized spacial score (nSPS) is 44.7. The number of amides is 1. The smallest absolute Gasteiger partial charge is 0.245 e. The number of aliphatic hydroxyl groups excluding tert-OH is 1. The molecular weight excluding hydrogens is 214 g/mol. The Morgan fingerprint density at radius 1 is 1.24 bits per heavy atom. The van der Waals surface area contributed by atoms with E-state index in [1.807, 2.05) is 0 Å². The van der Waals surface area contributed by atoms with Gasteiger partial charge in [0.2, 0.25) is 5.91 Å². The van der Waals surface area contributed by atoms with Gasteiger partial charge in [-0.1, -0.05) is 0 Å². The molecule has 0 aromatic heterocycles. The summed E-state index contributed by atoms with van der Waals surface area (Å²) in [5.74, 6) is 2.52.